The number of nitrogens with one attached hydrogen (secondary N) is 1. The van der Waals surface area contributed by atoms with E-state index in [-0.39, 0.29) is 12.5 Å². The SMILES string of the molecule is C#CCNC(=O)C(C)N1Cc2ccccc2C(C(=O)O)C1. The predicted octanol–water partition coefficient (Wildman–Crippen LogP) is 0.808. The lowest BCUT2D eigenvalue weighted by molar-refractivity contribution is -0.140. The summed E-state index contributed by atoms with van der Waals surface area (Å²) in [5, 5.41) is 12.0. The van der Waals surface area contributed by atoms with Crippen molar-refractivity contribution in [1.82, 2.24) is 10.2 Å². The van der Waals surface area contributed by atoms with Crippen molar-refractivity contribution >= 4 is 11.9 Å². The molecule has 1 amide bonds. The van der Waals surface area contributed by atoms with Crippen LogP contribution in [0.15, 0.2) is 24.3 Å². The fourth-order valence-electron chi connectivity index (χ4n) is 2.59. The molecule has 1 aromatic rings. The zero-order chi connectivity index (χ0) is 15.4. The van der Waals surface area contributed by atoms with Crippen molar-refractivity contribution in [3.63, 3.8) is 0 Å². The summed E-state index contributed by atoms with van der Waals surface area (Å²) in [6.07, 6.45) is 5.12. The summed E-state index contributed by atoms with van der Waals surface area (Å²) < 4.78 is 0. The van der Waals surface area contributed by atoms with Gasteiger partial charge in [0.15, 0.2) is 0 Å². The molecular weight excluding hydrogens is 268 g/mol. The molecule has 0 fully saturated rings. The zero-order valence-corrected chi connectivity index (χ0v) is 11.9. The van der Waals surface area contributed by atoms with Gasteiger partial charge in [-0.3, -0.25) is 14.5 Å². The van der Waals surface area contributed by atoms with Crippen LogP contribution in [-0.2, 0) is 16.1 Å². The molecule has 0 saturated carbocycles. The first-order valence-electron chi connectivity index (χ1n) is 6.80. The Labute approximate surface area is 124 Å². The molecule has 0 radical (unpaired) electrons. The Bertz CT molecular complexity index is 591. The van der Waals surface area contributed by atoms with E-state index in [9.17, 15) is 14.7 Å². The number of carboxylic acid groups (broad SMARTS) is 1. The second-order valence-electron chi connectivity index (χ2n) is 5.12. The maximum Gasteiger partial charge on any atom is 0.312 e. The molecular formula is C16H18N2O3. The van der Waals surface area contributed by atoms with Crippen LogP contribution in [0.2, 0.25) is 0 Å². The Morgan fingerprint density at radius 1 is 1.52 bits per heavy atom. The van der Waals surface area contributed by atoms with Gasteiger partial charge in [0.25, 0.3) is 0 Å². The summed E-state index contributed by atoms with van der Waals surface area (Å²) in [6, 6.07) is 7.05. The minimum Gasteiger partial charge on any atom is -0.481 e. The summed E-state index contributed by atoms with van der Waals surface area (Å²) in [5.41, 5.74) is 1.78. The highest BCUT2D eigenvalue weighted by Crippen LogP contribution is 2.29. The molecule has 2 unspecified atom stereocenters. The Balaban J connectivity index is 2.19. The fraction of sp³-hybridized carbons (Fsp3) is 0.375. The molecule has 1 aliphatic rings. The first-order valence-corrected chi connectivity index (χ1v) is 6.80. The highest BCUT2D eigenvalue weighted by Gasteiger charge is 2.33. The van der Waals surface area contributed by atoms with Gasteiger partial charge in [-0.25, -0.2) is 0 Å². The van der Waals surface area contributed by atoms with E-state index in [1.54, 1.807) is 6.92 Å². The van der Waals surface area contributed by atoms with Crippen molar-refractivity contribution in [3.05, 3.63) is 35.4 Å². The molecule has 110 valence electrons. The van der Waals surface area contributed by atoms with Crippen LogP contribution in [0.25, 0.3) is 0 Å². The first kappa shape index (κ1) is 15.1. The first-order chi connectivity index (χ1) is 10.0. The van der Waals surface area contributed by atoms with Gasteiger partial charge in [-0.1, -0.05) is 30.2 Å². The van der Waals surface area contributed by atoms with E-state index in [1.165, 1.54) is 0 Å². The maximum absolute atomic E-state index is 12.0. The van der Waals surface area contributed by atoms with E-state index >= 15 is 0 Å². The molecule has 5 heteroatoms. The van der Waals surface area contributed by atoms with Crippen molar-refractivity contribution < 1.29 is 14.7 Å². The summed E-state index contributed by atoms with van der Waals surface area (Å²) in [5.74, 6) is 0.686. The van der Waals surface area contributed by atoms with Gasteiger partial charge >= 0.3 is 5.97 Å². The van der Waals surface area contributed by atoms with Crippen molar-refractivity contribution in [1.29, 1.82) is 0 Å². The highest BCUT2D eigenvalue weighted by molar-refractivity contribution is 5.82. The summed E-state index contributed by atoms with van der Waals surface area (Å²) in [7, 11) is 0. The third-order valence-corrected chi connectivity index (χ3v) is 3.81. The van der Waals surface area contributed by atoms with Crippen molar-refractivity contribution in [2.24, 2.45) is 0 Å². The number of benzene rings is 1. The van der Waals surface area contributed by atoms with Crippen LogP contribution in [0.4, 0.5) is 0 Å². The smallest absolute Gasteiger partial charge is 0.312 e. The second-order valence-corrected chi connectivity index (χ2v) is 5.12. The lowest BCUT2D eigenvalue weighted by Gasteiger charge is -2.35. The molecule has 0 aliphatic carbocycles. The van der Waals surface area contributed by atoms with Gasteiger partial charge in [0.2, 0.25) is 5.91 Å². The number of nitrogens with zero attached hydrogens (tertiary/aromatic N) is 1. The number of terminal acetylenes is 1. The normalized spacial score (nSPS) is 19.1. The van der Waals surface area contributed by atoms with E-state index in [0.29, 0.717) is 13.1 Å². The van der Waals surface area contributed by atoms with Crippen molar-refractivity contribution in [2.45, 2.75) is 25.4 Å². The molecule has 2 N–H and O–H groups in total. The Kier molecular flexibility index (Phi) is 4.61. The fourth-order valence-corrected chi connectivity index (χ4v) is 2.59. The van der Waals surface area contributed by atoms with Crippen LogP contribution < -0.4 is 5.32 Å². The molecule has 1 heterocycles. The molecule has 0 spiro atoms. The van der Waals surface area contributed by atoms with E-state index in [4.69, 9.17) is 6.42 Å². The van der Waals surface area contributed by atoms with E-state index in [0.717, 1.165) is 11.1 Å². The molecule has 21 heavy (non-hydrogen) atoms. The molecule has 0 aromatic heterocycles. The molecule has 0 bridgehead atoms. The zero-order valence-electron chi connectivity index (χ0n) is 11.9. The van der Waals surface area contributed by atoms with Crippen molar-refractivity contribution in [2.75, 3.05) is 13.1 Å². The average molecular weight is 286 g/mol. The number of amides is 1. The van der Waals surface area contributed by atoms with Gasteiger partial charge < -0.3 is 10.4 Å². The maximum atomic E-state index is 12.0. The van der Waals surface area contributed by atoms with Crippen LogP contribution in [0.1, 0.15) is 24.0 Å². The molecule has 0 saturated heterocycles. The Hall–Kier alpha value is -2.32. The van der Waals surface area contributed by atoms with Gasteiger partial charge in [0, 0.05) is 13.1 Å². The lowest BCUT2D eigenvalue weighted by atomic mass is 9.89. The van der Waals surface area contributed by atoms with Gasteiger partial charge in [0.1, 0.15) is 0 Å². The predicted molar refractivity (Wildman–Crippen MR) is 78.5 cm³/mol. The summed E-state index contributed by atoms with van der Waals surface area (Å²) >= 11 is 0. The topological polar surface area (TPSA) is 69.6 Å². The number of hydrogen-bond acceptors (Lipinski definition) is 3. The van der Waals surface area contributed by atoms with Gasteiger partial charge in [0.05, 0.1) is 18.5 Å². The number of rotatable bonds is 4. The van der Waals surface area contributed by atoms with E-state index in [2.05, 4.69) is 11.2 Å². The summed E-state index contributed by atoms with van der Waals surface area (Å²) in [4.78, 5) is 25.3. The second kappa shape index (κ2) is 6.42. The lowest BCUT2D eigenvalue weighted by Crippen LogP contribution is -2.49. The summed E-state index contributed by atoms with van der Waals surface area (Å²) in [6.45, 7) is 2.82. The van der Waals surface area contributed by atoms with Crippen LogP contribution in [-0.4, -0.2) is 41.0 Å². The van der Waals surface area contributed by atoms with Crippen LogP contribution in [0.5, 0.6) is 0 Å². The molecule has 2 atom stereocenters. The monoisotopic (exact) mass is 286 g/mol. The minimum absolute atomic E-state index is 0.177. The molecule has 5 nitrogen and oxygen atoms in total. The molecule has 2 rings (SSSR count). The van der Waals surface area contributed by atoms with Crippen molar-refractivity contribution in [3.8, 4) is 12.3 Å². The number of carbonyl (C=O) groups is 2. The molecule has 1 aromatic carbocycles. The molecule has 1 aliphatic heterocycles. The number of aliphatic carboxylic acids is 1. The van der Waals surface area contributed by atoms with Gasteiger partial charge in [-0.15, -0.1) is 6.42 Å². The van der Waals surface area contributed by atoms with Crippen LogP contribution >= 0.6 is 0 Å². The van der Waals surface area contributed by atoms with E-state index < -0.39 is 17.9 Å². The van der Waals surface area contributed by atoms with Gasteiger partial charge in [-0.2, -0.15) is 0 Å². The largest absolute Gasteiger partial charge is 0.481 e. The van der Waals surface area contributed by atoms with Gasteiger partial charge in [-0.05, 0) is 18.1 Å². The average Bonchev–Trinajstić information content (AvgIpc) is 2.50. The number of carboxylic acids is 1. The Morgan fingerprint density at radius 2 is 2.24 bits per heavy atom. The quantitative estimate of drug-likeness (QED) is 0.804. The van der Waals surface area contributed by atoms with E-state index in [1.807, 2.05) is 29.2 Å². The third kappa shape index (κ3) is 3.23. The number of hydrogen-bond donors (Lipinski definition) is 2. The third-order valence-electron chi connectivity index (χ3n) is 3.81. The number of fused-ring (bicyclic) bond motifs is 1. The number of carbonyl (C=O) groups excluding carboxylic acids is 1. The van der Waals surface area contributed by atoms with Crippen LogP contribution in [0, 0.1) is 12.3 Å². The Morgan fingerprint density at radius 3 is 2.90 bits per heavy atom. The minimum atomic E-state index is -0.872. The highest BCUT2D eigenvalue weighted by atomic mass is 16.4. The van der Waals surface area contributed by atoms with Crippen LogP contribution in [0.3, 0.4) is 0 Å². The standard InChI is InChI=1S/C16H18N2O3/c1-3-8-17-15(19)11(2)18-9-12-6-4-5-7-13(12)14(10-18)16(20)21/h1,4-7,11,14H,8-10H2,2H3,(H,17,19)(H,20,21).